The molecule has 3 aromatic rings. The summed E-state index contributed by atoms with van der Waals surface area (Å²) in [5.41, 5.74) is 2.42. The first-order chi connectivity index (χ1) is 12.6. The van der Waals surface area contributed by atoms with Crippen molar-refractivity contribution in [1.82, 2.24) is 24.6 Å². The number of aromatic nitrogens is 4. The van der Waals surface area contributed by atoms with Crippen LogP contribution in [0.3, 0.4) is 0 Å². The fourth-order valence-corrected chi connectivity index (χ4v) is 2.92. The second-order valence-electron chi connectivity index (χ2n) is 6.87. The fraction of sp³-hybridized carbons (Fsp3) is 0.350. The summed E-state index contributed by atoms with van der Waals surface area (Å²) < 4.78 is 7.59. The van der Waals surface area contributed by atoms with E-state index in [-0.39, 0.29) is 0 Å². The third kappa shape index (κ3) is 5.39. The van der Waals surface area contributed by atoms with Crippen molar-refractivity contribution in [3.05, 3.63) is 66.2 Å². The van der Waals surface area contributed by atoms with Crippen LogP contribution in [-0.4, -0.2) is 31.2 Å². The zero-order valence-corrected chi connectivity index (χ0v) is 15.5. The smallest absolute Gasteiger partial charge is 0.321 e. The molecule has 0 N–H and O–H groups in total. The van der Waals surface area contributed by atoms with E-state index in [1.54, 1.807) is 18.5 Å². The van der Waals surface area contributed by atoms with Gasteiger partial charge in [-0.2, -0.15) is 5.10 Å². The van der Waals surface area contributed by atoms with E-state index in [1.807, 2.05) is 36.1 Å². The molecule has 0 aliphatic heterocycles. The quantitative estimate of drug-likeness (QED) is 0.620. The molecule has 26 heavy (non-hydrogen) atoms. The van der Waals surface area contributed by atoms with Crippen LogP contribution in [0.15, 0.2) is 55.1 Å². The molecule has 0 saturated carbocycles. The summed E-state index contributed by atoms with van der Waals surface area (Å²) in [6, 6.07) is 10.2. The number of rotatable bonds is 8. The minimum absolute atomic E-state index is 0.360. The number of benzene rings is 1. The second-order valence-corrected chi connectivity index (χ2v) is 6.87. The molecule has 0 atom stereocenters. The Bertz CT molecular complexity index is 816. The van der Waals surface area contributed by atoms with E-state index in [1.165, 1.54) is 11.1 Å². The Morgan fingerprint density at radius 2 is 1.85 bits per heavy atom. The van der Waals surface area contributed by atoms with Crippen molar-refractivity contribution in [2.24, 2.45) is 13.0 Å². The molecule has 0 saturated heterocycles. The monoisotopic (exact) mass is 351 g/mol. The molecule has 0 amide bonds. The average Bonchev–Trinajstić information content (AvgIpc) is 3.00. The van der Waals surface area contributed by atoms with Gasteiger partial charge in [-0.3, -0.25) is 9.58 Å². The molecule has 0 spiro atoms. The van der Waals surface area contributed by atoms with Crippen LogP contribution in [0.2, 0.25) is 0 Å². The first-order valence-corrected chi connectivity index (χ1v) is 8.82. The second kappa shape index (κ2) is 8.58. The molecule has 0 bridgehead atoms. The Morgan fingerprint density at radius 3 is 2.54 bits per heavy atom. The van der Waals surface area contributed by atoms with Crippen molar-refractivity contribution < 1.29 is 4.74 Å². The van der Waals surface area contributed by atoms with Gasteiger partial charge in [0, 0.05) is 50.8 Å². The lowest BCUT2D eigenvalue weighted by atomic mass is 10.1. The molecule has 6 heteroatoms. The third-order valence-electron chi connectivity index (χ3n) is 3.84. The summed E-state index contributed by atoms with van der Waals surface area (Å²) in [5.74, 6) is 1.34. The van der Waals surface area contributed by atoms with Gasteiger partial charge in [-0.25, -0.2) is 9.97 Å². The maximum Gasteiger partial charge on any atom is 0.321 e. The van der Waals surface area contributed by atoms with E-state index in [0.717, 1.165) is 25.4 Å². The minimum Gasteiger partial charge on any atom is -0.424 e. The Kier molecular flexibility index (Phi) is 5.96. The molecule has 0 fully saturated rings. The molecule has 2 heterocycles. The van der Waals surface area contributed by atoms with Crippen LogP contribution in [0.1, 0.15) is 25.0 Å². The van der Waals surface area contributed by atoms with Gasteiger partial charge < -0.3 is 4.74 Å². The molecular formula is C20H25N5O. The largest absolute Gasteiger partial charge is 0.424 e. The van der Waals surface area contributed by atoms with Gasteiger partial charge in [0.25, 0.3) is 0 Å². The van der Waals surface area contributed by atoms with Crippen molar-refractivity contribution >= 4 is 0 Å². The van der Waals surface area contributed by atoms with Gasteiger partial charge in [0.05, 0.1) is 6.20 Å². The van der Waals surface area contributed by atoms with Gasteiger partial charge in [0.15, 0.2) is 0 Å². The molecular weight excluding hydrogens is 326 g/mol. The standard InChI is InChI=1S/C20H25N5O/c1-16(2)12-25(15-18-11-23-24(3)13-18)14-17-6-4-7-19(10-17)26-20-21-8-5-9-22-20/h4-11,13,16H,12,14-15H2,1-3H3. The van der Waals surface area contributed by atoms with Gasteiger partial charge >= 0.3 is 6.01 Å². The van der Waals surface area contributed by atoms with Gasteiger partial charge in [-0.05, 0) is 29.7 Å². The van der Waals surface area contributed by atoms with Crippen LogP contribution in [0, 0.1) is 5.92 Å². The number of aryl methyl sites for hydroxylation is 1. The lowest BCUT2D eigenvalue weighted by Gasteiger charge is -2.24. The molecule has 0 radical (unpaired) electrons. The van der Waals surface area contributed by atoms with Gasteiger partial charge in [-0.15, -0.1) is 0 Å². The maximum absolute atomic E-state index is 5.75. The van der Waals surface area contributed by atoms with E-state index in [0.29, 0.717) is 11.9 Å². The number of ether oxygens (including phenoxy) is 1. The van der Waals surface area contributed by atoms with Gasteiger partial charge in [0.1, 0.15) is 5.75 Å². The van der Waals surface area contributed by atoms with Crippen LogP contribution in [0.25, 0.3) is 0 Å². The van der Waals surface area contributed by atoms with E-state index in [9.17, 15) is 0 Å². The van der Waals surface area contributed by atoms with Crippen LogP contribution < -0.4 is 4.74 Å². The molecule has 3 rings (SSSR count). The lowest BCUT2D eigenvalue weighted by molar-refractivity contribution is 0.227. The summed E-state index contributed by atoms with van der Waals surface area (Å²) >= 11 is 0. The number of hydrogen-bond donors (Lipinski definition) is 0. The van der Waals surface area contributed by atoms with Crippen molar-refractivity contribution in [3.63, 3.8) is 0 Å². The zero-order chi connectivity index (χ0) is 18.4. The zero-order valence-electron chi connectivity index (χ0n) is 15.5. The van der Waals surface area contributed by atoms with E-state index in [2.05, 4.69) is 46.1 Å². The topological polar surface area (TPSA) is 56.1 Å². The summed E-state index contributed by atoms with van der Waals surface area (Å²) in [7, 11) is 1.95. The Hall–Kier alpha value is -2.73. The number of nitrogens with zero attached hydrogens (tertiary/aromatic N) is 5. The lowest BCUT2D eigenvalue weighted by Crippen LogP contribution is -2.26. The van der Waals surface area contributed by atoms with E-state index in [4.69, 9.17) is 4.74 Å². The Morgan fingerprint density at radius 1 is 1.08 bits per heavy atom. The highest BCUT2D eigenvalue weighted by molar-refractivity contribution is 5.30. The van der Waals surface area contributed by atoms with Gasteiger partial charge in [0.2, 0.25) is 0 Å². The molecule has 6 nitrogen and oxygen atoms in total. The highest BCUT2D eigenvalue weighted by Crippen LogP contribution is 2.20. The summed E-state index contributed by atoms with van der Waals surface area (Å²) in [6.45, 7) is 7.21. The summed E-state index contributed by atoms with van der Waals surface area (Å²) in [5, 5.41) is 4.27. The Labute approximate surface area is 154 Å². The first-order valence-electron chi connectivity index (χ1n) is 8.82. The van der Waals surface area contributed by atoms with Crippen LogP contribution >= 0.6 is 0 Å². The minimum atomic E-state index is 0.360. The Balaban J connectivity index is 1.70. The van der Waals surface area contributed by atoms with Crippen molar-refractivity contribution in [2.75, 3.05) is 6.54 Å². The average molecular weight is 351 g/mol. The van der Waals surface area contributed by atoms with E-state index >= 15 is 0 Å². The first kappa shape index (κ1) is 18.1. The number of hydrogen-bond acceptors (Lipinski definition) is 5. The van der Waals surface area contributed by atoms with Crippen LogP contribution in [-0.2, 0) is 20.1 Å². The SMILES string of the molecule is CC(C)CN(Cc1cccc(Oc2ncccn2)c1)Cc1cnn(C)c1. The van der Waals surface area contributed by atoms with Crippen molar-refractivity contribution in [1.29, 1.82) is 0 Å². The van der Waals surface area contributed by atoms with E-state index < -0.39 is 0 Å². The van der Waals surface area contributed by atoms with Crippen molar-refractivity contribution in [2.45, 2.75) is 26.9 Å². The molecule has 136 valence electrons. The maximum atomic E-state index is 5.75. The van der Waals surface area contributed by atoms with Crippen molar-refractivity contribution in [3.8, 4) is 11.8 Å². The molecule has 0 unspecified atom stereocenters. The summed E-state index contributed by atoms with van der Waals surface area (Å²) in [6.07, 6.45) is 7.34. The van der Waals surface area contributed by atoms with Crippen LogP contribution in [0.4, 0.5) is 0 Å². The fourth-order valence-electron chi connectivity index (χ4n) is 2.92. The summed E-state index contributed by atoms with van der Waals surface area (Å²) in [4.78, 5) is 10.6. The predicted molar refractivity (Wildman–Crippen MR) is 101 cm³/mol. The normalized spacial score (nSPS) is 11.3. The van der Waals surface area contributed by atoms with Gasteiger partial charge in [-0.1, -0.05) is 26.0 Å². The molecule has 1 aromatic carbocycles. The third-order valence-corrected chi connectivity index (χ3v) is 3.84. The molecule has 2 aromatic heterocycles. The molecule has 0 aliphatic carbocycles. The molecule has 0 aliphatic rings. The highest BCUT2D eigenvalue weighted by Gasteiger charge is 2.11. The highest BCUT2D eigenvalue weighted by atomic mass is 16.5. The van der Waals surface area contributed by atoms with Crippen LogP contribution in [0.5, 0.6) is 11.8 Å². The predicted octanol–water partition coefficient (Wildman–Crippen LogP) is 3.66.